The third kappa shape index (κ3) is 11.0. The van der Waals surface area contributed by atoms with Crippen LogP contribution in [-0.2, 0) is 23.9 Å². The van der Waals surface area contributed by atoms with Gasteiger partial charge in [-0.15, -0.1) is 0 Å². The first kappa shape index (κ1) is 30.1. The largest absolute Gasteiger partial charge is 0.466 e. The molecule has 0 radical (unpaired) electrons. The van der Waals surface area contributed by atoms with E-state index < -0.39 is 18.0 Å². The molecule has 0 aromatic rings. The second kappa shape index (κ2) is 17.5. The van der Waals surface area contributed by atoms with Crippen molar-refractivity contribution in [1.82, 2.24) is 4.90 Å². The second-order valence-corrected chi connectivity index (χ2v) is 9.28. The minimum absolute atomic E-state index is 0.00794. The van der Waals surface area contributed by atoms with Gasteiger partial charge < -0.3 is 14.4 Å². The van der Waals surface area contributed by atoms with Crippen LogP contribution >= 0.6 is 0 Å². The van der Waals surface area contributed by atoms with Gasteiger partial charge in [0.05, 0.1) is 7.11 Å². The summed E-state index contributed by atoms with van der Waals surface area (Å²) < 4.78 is 9.77. The number of allylic oxidation sites excluding steroid dienone is 4. The number of Topliss-reactive ketones (excluding diaryl/α,β-unsaturated/α-hetero) is 1. The van der Waals surface area contributed by atoms with E-state index in [0.717, 1.165) is 26.1 Å². The molecule has 0 heterocycles. The maximum atomic E-state index is 12.9. The molecule has 0 amide bonds. The lowest BCUT2D eigenvalue weighted by Gasteiger charge is -2.26. The third-order valence-electron chi connectivity index (χ3n) is 6.78. The highest BCUT2D eigenvalue weighted by molar-refractivity contribution is 5.84. The molecule has 6 heteroatoms. The molecule has 34 heavy (non-hydrogen) atoms. The number of carbonyl (C=O) groups excluding carboxylic acids is 3. The Hall–Kier alpha value is -1.95. The van der Waals surface area contributed by atoms with Crippen molar-refractivity contribution in [2.75, 3.05) is 26.7 Å². The first-order chi connectivity index (χ1) is 16.4. The highest BCUT2D eigenvalue weighted by atomic mass is 16.6. The Labute approximate surface area is 207 Å². The molecule has 1 aliphatic carbocycles. The quantitative estimate of drug-likeness (QED) is 0.156. The first-order valence-electron chi connectivity index (χ1n) is 13.2. The van der Waals surface area contributed by atoms with Crippen molar-refractivity contribution in [3.8, 4) is 0 Å². The highest BCUT2D eigenvalue weighted by Gasteiger charge is 2.40. The number of unbranched alkanes of at least 4 members (excludes halogenated alkanes) is 4. The summed E-state index contributed by atoms with van der Waals surface area (Å²) in [6.07, 6.45) is 16.1. The molecule has 1 saturated carbocycles. The van der Waals surface area contributed by atoms with Gasteiger partial charge in [0.15, 0.2) is 6.10 Å². The monoisotopic (exact) mass is 477 g/mol. The standard InChI is InChI=1S/C28H47NO5/c1-6-9-10-11-12-14-17-24-23(21-29(7-2)8-3)20-26(31)25(24)18-15-13-16-19-27(28(32)33-5)34-22(4)30/h13-15,17,23-25,27H,6-12,16,18-21H2,1-5H3/b15-13-,17-14+/t23-,24-,25+,27?/m0/s1. The Balaban J connectivity index is 2.74. The van der Waals surface area contributed by atoms with Crippen molar-refractivity contribution in [2.45, 2.75) is 91.6 Å². The van der Waals surface area contributed by atoms with Gasteiger partial charge in [-0.3, -0.25) is 9.59 Å². The zero-order valence-corrected chi connectivity index (χ0v) is 22.1. The van der Waals surface area contributed by atoms with Crippen molar-refractivity contribution in [3.63, 3.8) is 0 Å². The fourth-order valence-electron chi connectivity index (χ4n) is 4.78. The number of carbonyl (C=O) groups is 3. The van der Waals surface area contributed by atoms with Crippen LogP contribution in [0.5, 0.6) is 0 Å². The third-order valence-corrected chi connectivity index (χ3v) is 6.78. The van der Waals surface area contributed by atoms with Crippen molar-refractivity contribution in [2.24, 2.45) is 17.8 Å². The van der Waals surface area contributed by atoms with E-state index in [1.165, 1.54) is 39.7 Å². The number of rotatable bonds is 17. The summed E-state index contributed by atoms with van der Waals surface area (Å²) >= 11 is 0. The number of ether oxygens (including phenoxy) is 2. The summed E-state index contributed by atoms with van der Waals surface area (Å²) in [7, 11) is 1.28. The van der Waals surface area contributed by atoms with Crippen LogP contribution < -0.4 is 0 Å². The first-order valence-corrected chi connectivity index (χ1v) is 13.2. The summed E-state index contributed by atoms with van der Waals surface area (Å²) in [6.45, 7) is 10.8. The minimum Gasteiger partial charge on any atom is -0.466 e. The number of esters is 2. The number of hydrogen-bond donors (Lipinski definition) is 0. The van der Waals surface area contributed by atoms with Crippen LogP contribution in [0.25, 0.3) is 0 Å². The van der Waals surface area contributed by atoms with Crippen LogP contribution in [0.3, 0.4) is 0 Å². The zero-order chi connectivity index (χ0) is 25.3. The van der Waals surface area contributed by atoms with Gasteiger partial charge in [-0.2, -0.15) is 0 Å². The predicted octanol–water partition coefficient (Wildman–Crippen LogP) is 5.51. The number of ketones is 1. The molecule has 194 valence electrons. The topological polar surface area (TPSA) is 72.9 Å². The molecule has 4 atom stereocenters. The van der Waals surface area contributed by atoms with E-state index in [1.807, 2.05) is 12.2 Å². The number of hydrogen-bond acceptors (Lipinski definition) is 6. The normalized spacial score (nSPS) is 21.6. The Bertz CT molecular complexity index is 668. The average molecular weight is 478 g/mol. The van der Waals surface area contributed by atoms with Crippen LogP contribution in [0.1, 0.15) is 85.5 Å². The van der Waals surface area contributed by atoms with Gasteiger partial charge in [-0.05, 0) is 57.0 Å². The predicted molar refractivity (Wildman–Crippen MR) is 136 cm³/mol. The molecule has 0 spiro atoms. The molecule has 0 aromatic heterocycles. The van der Waals surface area contributed by atoms with Crippen LogP contribution in [0, 0.1) is 17.8 Å². The maximum absolute atomic E-state index is 12.9. The van der Waals surface area contributed by atoms with Crippen LogP contribution in [0.4, 0.5) is 0 Å². The van der Waals surface area contributed by atoms with Gasteiger partial charge in [0.25, 0.3) is 0 Å². The van der Waals surface area contributed by atoms with E-state index in [0.29, 0.717) is 37.4 Å². The number of nitrogens with zero attached hydrogens (tertiary/aromatic N) is 1. The molecule has 0 bridgehead atoms. The van der Waals surface area contributed by atoms with Crippen molar-refractivity contribution >= 4 is 17.7 Å². The molecule has 1 unspecified atom stereocenters. The Morgan fingerprint density at radius 2 is 1.79 bits per heavy atom. The molecule has 0 saturated heterocycles. The summed E-state index contributed by atoms with van der Waals surface area (Å²) in [5.74, 6) is -0.0426. The van der Waals surface area contributed by atoms with E-state index in [2.05, 4.69) is 37.8 Å². The maximum Gasteiger partial charge on any atom is 0.347 e. The number of methoxy groups -OCH3 is 1. The van der Waals surface area contributed by atoms with Crippen LogP contribution in [-0.4, -0.2) is 55.5 Å². The summed E-state index contributed by atoms with van der Waals surface area (Å²) in [5.41, 5.74) is 0. The van der Waals surface area contributed by atoms with Gasteiger partial charge in [-0.1, -0.05) is 64.3 Å². The minimum atomic E-state index is -0.887. The highest BCUT2D eigenvalue weighted by Crippen LogP contribution is 2.38. The van der Waals surface area contributed by atoms with E-state index >= 15 is 0 Å². The van der Waals surface area contributed by atoms with Gasteiger partial charge in [0, 0.05) is 25.8 Å². The Kier molecular flexibility index (Phi) is 15.5. The summed E-state index contributed by atoms with van der Waals surface area (Å²) in [6, 6.07) is 0. The van der Waals surface area contributed by atoms with Crippen LogP contribution in [0.15, 0.2) is 24.3 Å². The molecule has 1 rings (SSSR count). The summed E-state index contributed by atoms with van der Waals surface area (Å²) in [5, 5.41) is 0. The van der Waals surface area contributed by atoms with Gasteiger partial charge in [0.2, 0.25) is 0 Å². The zero-order valence-electron chi connectivity index (χ0n) is 22.1. The molecule has 0 aliphatic heterocycles. The second-order valence-electron chi connectivity index (χ2n) is 9.28. The molecule has 1 aliphatic rings. The molecular formula is C28H47NO5. The lowest BCUT2D eigenvalue weighted by atomic mass is 9.86. The van der Waals surface area contributed by atoms with E-state index in [4.69, 9.17) is 9.47 Å². The van der Waals surface area contributed by atoms with Crippen molar-refractivity contribution in [3.05, 3.63) is 24.3 Å². The Morgan fingerprint density at radius 1 is 1.06 bits per heavy atom. The van der Waals surface area contributed by atoms with E-state index in [1.54, 1.807) is 0 Å². The van der Waals surface area contributed by atoms with Gasteiger partial charge in [0.1, 0.15) is 5.78 Å². The lowest BCUT2D eigenvalue weighted by molar-refractivity contribution is -0.165. The lowest BCUT2D eigenvalue weighted by Crippen LogP contribution is -2.31. The molecule has 6 nitrogen and oxygen atoms in total. The average Bonchev–Trinajstić information content (AvgIpc) is 3.11. The van der Waals surface area contributed by atoms with Crippen LogP contribution in [0.2, 0.25) is 0 Å². The molecule has 1 fully saturated rings. The summed E-state index contributed by atoms with van der Waals surface area (Å²) in [4.78, 5) is 38.4. The SMILES string of the molecule is CCCCCC/C=C/[C@H]1[C@H](CN(CC)CC)CC(=O)[C@@H]1C/C=C\CCC(OC(C)=O)C(=O)OC. The van der Waals surface area contributed by atoms with E-state index in [9.17, 15) is 14.4 Å². The molecule has 0 aromatic carbocycles. The van der Waals surface area contributed by atoms with Gasteiger partial charge >= 0.3 is 11.9 Å². The fourth-order valence-corrected chi connectivity index (χ4v) is 4.78. The smallest absolute Gasteiger partial charge is 0.347 e. The van der Waals surface area contributed by atoms with Gasteiger partial charge in [-0.25, -0.2) is 4.79 Å². The Morgan fingerprint density at radius 3 is 2.41 bits per heavy atom. The van der Waals surface area contributed by atoms with Crippen molar-refractivity contribution < 1.29 is 23.9 Å². The fraction of sp³-hybridized carbons (Fsp3) is 0.750. The molecule has 0 N–H and O–H groups in total. The van der Waals surface area contributed by atoms with Crippen molar-refractivity contribution in [1.29, 1.82) is 0 Å². The molecular weight excluding hydrogens is 430 g/mol. The van der Waals surface area contributed by atoms with E-state index in [-0.39, 0.29) is 11.8 Å².